The number of hydrogen-bond acceptors (Lipinski definition) is 5. The Morgan fingerprint density at radius 1 is 1.09 bits per heavy atom. The van der Waals surface area contributed by atoms with Crippen molar-refractivity contribution in [2.24, 2.45) is 0 Å². The fourth-order valence-electron chi connectivity index (χ4n) is 3.07. The van der Waals surface area contributed by atoms with Gasteiger partial charge in [0.15, 0.2) is 11.0 Å². The fraction of sp³-hybridized carbons (Fsp3) is 0.136. The van der Waals surface area contributed by atoms with Gasteiger partial charge < -0.3 is 9.73 Å². The van der Waals surface area contributed by atoms with Gasteiger partial charge in [-0.05, 0) is 43.3 Å². The molecule has 0 aliphatic heterocycles. The molecule has 32 heavy (non-hydrogen) atoms. The summed E-state index contributed by atoms with van der Waals surface area (Å²) in [6, 6.07) is 15.7. The molecule has 10 heteroatoms. The van der Waals surface area contributed by atoms with E-state index < -0.39 is 17.6 Å². The molecule has 4 aromatic rings. The first-order chi connectivity index (χ1) is 15.3. The summed E-state index contributed by atoms with van der Waals surface area (Å²) in [6.07, 6.45) is -2.92. The number of amides is 1. The number of aromatic nitrogens is 3. The van der Waals surface area contributed by atoms with Gasteiger partial charge in [0.05, 0.1) is 23.1 Å². The Morgan fingerprint density at radius 3 is 2.56 bits per heavy atom. The summed E-state index contributed by atoms with van der Waals surface area (Å²) in [5.74, 6) is 0.709. The second-order valence-electron chi connectivity index (χ2n) is 6.78. The summed E-state index contributed by atoms with van der Waals surface area (Å²) >= 11 is 1.13. The van der Waals surface area contributed by atoms with Gasteiger partial charge in [0.1, 0.15) is 5.76 Å². The number of halogens is 3. The first kappa shape index (κ1) is 21.7. The third-order valence-corrected chi connectivity index (χ3v) is 5.48. The Balaban J connectivity index is 1.54. The van der Waals surface area contributed by atoms with Gasteiger partial charge in [-0.15, -0.1) is 10.2 Å². The Labute approximate surface area is 185 Å². The van der Waals surface area contributed by atoms with Gasteiger partial charge in [0, 0.05) is 11.4 Å². The molecule has 0 aliphatic carbocycles. The summed E-state index contributed by atoms with van der Waals surface area (Å²) in [7, 11) is 0. The van der Waals surface area contributed by atoms with Crippen LogP contribution in [0.2, 0.25) is 0 Å². The molecule has 0 fully saturated rings. The third kappa shape index (κ3) is 4.70. The summed E-state index contributed by atoms with van der Waals surface area (Å²) in [5, 5.41) is 11.5. The molecule has 0 saturated heterocycles. The van der Waals surface area contributed by atoms with Crippen LogP contribution in [0.15, 0.2) is 76.5 Å². The molecule has 0 unspecified atom stereocenters. The predicted octanol–water partition coefficient (Wildman–Crippen LogP) is 5.59. The number of carbonyl (C=O) groups is 1. The second kappa shape index (κ2) is 8.91. The lowest BCUT2D eigenvalue weighted by Gasteiger charge is -2.11. The summed E-state index contributed by atoms with van der Waals surface area (Å²) in [6.45, 7) is 1.81. The number of nitrogens with zero attached hydrogens (tertiary/aromatic N) is 3. The van der Waals surface area contributed by atoms with Crippen LogP contribution in [0.5, 0.6) is 0 Å². The van der Waals surface area contributed by atoms with Crippen molar-refractivity contribution >= 4 is 23.4 Å². The Bertz CT molecular complexity index is 1240. The van der Waals surface area contributed by atoms with Crippen LogP contribution in [-0.4, -0.2) is 26.4 Å². The molecule has 1 N–H and O–H groups in total. The number of para-hydroxylation sites is 1. The number of carbonyl (C=O) groups excluding carboxylic acids is 1. The Hall–Kier alpha value is -3.53. The van der Waals surface area contributed by atoms with Crippen LogP contribution in [0, 0.1) is 6.92 Å². The maximum atomic E-state index is 12.9. The SMILES string of the molecule is Cc1occc1-c1nnc(SCC(=O)Nc2cccc(C(F)(F)F)c2)n1-c1ccccc1. The average Bonchev–Trinajstić information content (AvgIpc) is 3.38. The van der Waals surface area contributed by atoms with Crippen molar-refractivity contribution < 1.29 is 22.4 Å². The van der Waals surface area contributed by atoms with Gasteiger partial charge in [-0.25, -0.2) is 0 Å². The Morgan fingerprint density at radius 2 is 1.88 bits per heavy atom. The number of rotatable bonds is 6. The van der Waals surface area contributed by atoms with E-state index in [-0.39, 0.29) is 11.4 Å². The minimum atomic E-state index is -4.48. The topological polar surface area (TPSA) is 72.9 Å². The van der Waals surface area contributed by atoms with Crippen molar-refractivity contribution in [3.8, 4) is 17.1 Å². The second-order valence-corrected chi connectivity index (χ2v) is 7.73. The Kier molecular flexibility index (Phi) is 6.04. The number of benzene rings is 2. The molecule has 4 rings (SSSR count). The first-order valence-electron chi connectivity index (χ1n) is 9.48. The zero-order valence-corrected chi connectivity index (χ0v) is 17.6. The van der Waals surface area contributed by atoms with E-state index in [0.717, 1.165) is 35.1 Å². The minimum absolute atomic E-state index is 0.0639. The van der Waals surface area contributed by atoms with Crippen molar-refractivity contribution in [1.29, 1.82) is 0 Å². The van der Waals surface area contributed by atoms with Crippen LogP contribution in [0.25, 0.3) is 17.1 Å². The zero-order chi connectivity index (χ0) is 22.7. The standard InChI is InChI=1S/C22H17F3N4O2S/c1-14-18(10-11-31-14)20-27-28-21(29(20)17-8-3-2-4-9-17)32-13-19(30)26-16-7-5-6-15(12-16)22(23,24)25/h2-12H,13H2,1H3,(H,26,30). The third-order valence-electron chi connectivity index (χ3n) is 4.55. The van der Waals surface area contributed by atoms with E-state index in [1.54, 1.807) is 16.9 Å². The van der Waals surface area contributed by atoms with Crippen molar-refractivity contribution in [3.63, 3.8) is 0 Å². The van der Waals surface area contributed by atoms with E-state index in [4.69, 9.17) is 4.42 Å². The number of nitrogens with one attached hydrogen (secondary N) is 1. The summed E-state index contributed by atoms with van der Waals surface area (Å²) < 4.78 is 45.8. The van der Waals surface area contributed by atoms with E-state index in [0.29, 0.717) is 16.7 Å². The van der Waals surface area contributed by atoms with E-state index in [1.807, 2.05) is 37.3 Å². The number of anilines is 1. The molecular formula is C22H17F3N4O2S. The van der Waals surface area contributed by atoms with Crippen LogP contribution < -0.4 is 5.32 Å². The average molecular weight is 458 g/mol. The van der Waals surface area contributed by atoms with Crippen LogP contribution in [0.1, 0.15) is 11.3 Å². The highest BCUT2D eigenvalue weighted by atomic mass is 32.2. The maximum absolute atomic E-state index is 12.9. The van der Waals surface area contributed by atoms with Crippen LogP contribution >= 0.6 is 11.8 Å². The van der Waals surface area contributed by atoms with Gasteiger partial charge in [-0.1, -0.05) is 36.0 Å². The molecule has 164 valence electrons. The lowest BCUT2D eigenvalue weighted by Crippen LogP contribution is -2.15. The van der Waals surface area contributed by atoms with Gasteiger partial charge in [-0.3, -0.25) is 9.36 Å². The van der Waals surface area contributed by atoms with Crippen LogP contribution in [0.3, 0.4) is 0 Å². The van der Waals surface area contributed by atoms with Gasteiger partial charge in [0.2, 0.25) is 5.91 Å². The maximum Gasteiger partial charge on any atom is 0.416 e. The lowest BCUT2D eigenvalue weighted by molar-refractivity contribution is -0.137. The van der Waals surface area contributed by atoms with Crippen LogP contribution in [0.4, 0.5) is 18.9 Å². The van der Waals surface area contributed by atoms with E-state index in [1.165, 1.54) is 12.1 Å². The number of alkyl halides is 3. The van der Waals surface area contributed by atoms with Gasteiger partial charge in [0.25, 0.3) is 0 Å². The largest absolute Gasteiger partial charge is 0.469 e. The normalized spacial score (nSPS) is 11.5. The van der Waals surface area contributed by atoms with E-state index in [2.05, 4.69) is 15.5 Å². The van der Waals surface area contributed by atoms with Gasteiger partial charge in [-0.2, -0.15) is 13.2 Å². The molecule has 0 aliphatic rings. The smallest absolute Gasteiger partial charge is 0.416 e. The van der Waals surface area contributed by atoms with E-state index >= 15 is 0 Å². The number of hydrogen-bond donors (Lipinski definition) is 1. The first-order valence-corrected chi connectivity index (χ1v) is 10.5. The van der Waals surface area contributed by atoms with Crippen molar-refractivity contribution in [1.82, 2.24) is 14.8 Å². The highest BCUT2D eigenvalue weighted by molar-refractivity contribution is 7.99. The zero-order valence-electron chi connectivity index (χ0n) is 16.8. The quantitative estimate of drug-likeness (QED) is 0.382. The highest BCUT2D eigenvalue weighted by Crippen LogP contribution is 2.32. The van der Waals surface area contributed by atoms with Crippen molar-refractivity contribution in [2.45, 2.75) is 18.3 Å². The monoisotopic (exact) mass is 458 g/mol. The number of furan rings is 1. The molecule has 6 nitrogen and oxygen atoms in total. The molecule has 1 amide bonds. The molecular weight excluding hydrogens is 441 g/mol. The van der Waals surface area contributed by atoms with Crippen LogP contribution in [-0.2, 0) is 11.0 Å². The van der Waals surface area contributed by atoms with E-state index in [9.17, 15) is 18.0 Å². The minimum Gasteiger partial charge on any atom is -0.469 e. The molecule has 0 bridgehead atoms. The number of aryl methyl sites for hydroxylation is 1. The highest BCUT2D eigenvalue weighted by Gasteiger charge is 2.30. The molecule has 0 atom stereocenters. The van der Waals surface area contributed by atoms with Gasteiger partial charge >= 0.3 is 6.18 Å². The summed E-state index contributed by atoms with van der Waals surface area (Å²) in [5.41, 5.74) is 0.812. The van der Waals surface area contributed by atoms with Crippen molar-refractivity contribution in [2.75, 3.05) is 11.1 Å². The molecule has 0 spiro atoms. The molecule has 2 aromatic heterocycles. The van der Waals surface area contributed by atoms with Crippen molar-refractivity contribution in [3.05, 3.63) is 78.3 Å². The molecule has 2 aromatic carbocycles. The predicted molar refractivity (Wildman–Crippen MR) is 115 cm³/mol. The fourth-order valence-corrected chi connectivity index (χ4v) is 3.82. The molecule has 0 radical (unpaired) electrons. The lowest BCUT2D eigenvalue weighted by atomic mass is 10.2. The number of thioether (sulfide) groups is 1. The molecule has 0 saturated carbocycles. The summed E-state index contributed by atoms with van der Waals surface area (Å²) in [4.78, 5) is 12.4. The molecule has 2 heterocycles.